The first-order chi connectivity index (χ1) is 9.74. The van der Waals surface area contributed by atoms with Gasteiger partial charge in [0.05, 0.1) is 5.56 Å². The molecule has 0 fully saturated rings. The second-order valence-corrected chi connectivity index (χ2v) is 14.2. The molecule has 1 heterocycles. The van der Waals surface area contributed by atoms with Crippen LogP contribution in [0.15, 0.2) is 6.20 Å². The van der Waals surface area contributed by atoms with Gasteiger partial charge in [0.2, 0.25) is 0 Å². The van der Waals surface area contributed by atoms with Crippen LogP contribution in [0.3, 0.4) is 0 Å². The van der Waals surface area contributed by atoms with Crippen molar-refractivity contribution in [1.29, 1.82) is 0 Å². The van der Waals surface area contributed by atoms with Crippen LogP contribution in [-0.2, 0) is 6.42 Å². The van der Waals surface area contributed by atoms with Gasteiger partial charge in [-0.2, -0.15) is 0 Å². The Morgan fingerprint density at radius 3 is 2.05 bits per heavy atom. The van der Waals surface area contributed by atoms with Gasteiger partial charge in [-0.3, -0.25) is 4.79 Å². The van der Waals surface area contributed by atoms with E-state index in [1.54, 1.807) is 0 Å². The highest BCUT2D eigenvalue weighted by molar-refractivity contribution is 14.1. The smallest absolute Gasteiger partial charge is 0.169 e. The molecule has 0 radical (unpaired) electrons. The summed E-state index contributed by atoms with van der Waals surface area (Å²) in [4.78, 5) is 12.4. The largest absolute Gasteiger partial charge is 0.375 e. The fourth-order valence-electron chi connectivity index (χ4n) is 4.78. The molecule has 0 amide bonds. The Balaban J connectivity index is 2.73. The summed E-state index contributed by atoms with van der Waals surface area (Å²) >= 11 is 2.37. The molecule has 1 aliphatic carbocycles. The maximum Gasteiger partial charge on any atom is 0.169 e. The van der Waals surface area contributed by atoms with Crippen molar-refractivity contribution in [3.63, 3.8) is 0 Å². The van der Waals surface area contributed by atoms with Gasteiger partial charge in [0.1, 0.15) is 0 Å². The van der Waals surface area contributed by atoms with E-state index in [9.17, 15) is 4.79 Å². The maximum atomic E-state index is 12.4. The quantitative estimate of drug-likeness (QED) is 0.459. The van der Waals surface area contributed by atoms with E-state index in [0.717, 1.165) is 24.8 Å². The van der Waals surface area contributed by atoms with Crippen molar-refractivity contribution in [3.8, 4) is 0 Å². The van der Waals surface area contributed by atoms with Crippen LogP contribution in [0.25, 0.3) is 0 Å². The number of rotatable bonds is 4. The Labute approximate surface area is 143 Å². The lowest BCUT2D eigenvalue weighted by molar-refractivity contribution is 0.0971. The second kappa shape index (κ2) is 6.18. The third kappa shape index (κ3) is 2.56. The van der Waals surface area contributed by atoms with Crippen molar-refractivity contribution in [2.75, 3.05) is 0 Å². The number of hydrogen-bond donors (Lipinski definition) is 0. The average Bonchev–Trinajstić information content (AvgIpc) is 2.68. The summed E-state index contributed by atoms with van der Waals surface area (Å²) in [5, 5.41) is 0. The van der Waals surface area contributed by atoms with Crippen LogP contribution < -0.4 is 0 Å². The topological polar surface area (TPSA) is 22.0 Å². The van der Waals surface area contributed by atoms with E-state index in [2.05, 4.69) is 74.6 Å². The van der Waals surface area contributed by atoms with Crippen molar-refractivity contribution >= 4 is 36.6 Å². The molecule has 4 heteroatoms. The van der Waals surface area contributed by atoms with E-state index >= 15 is 0 Å². The lowest BCUT2D eigenvalue weighted by atomic mass is 9.97. The van der Waals surface area contributed by atoms with Crippen LogP contribution in [0.1, 0.15) is 70.4 Å². The predicted molar refractivity (Wildman–Crippen MR) is 101 cm³/mol. The van der Waals surface area contributed by atoms with Crippen molar-refractivity contribution in [2.24, 2.45) is 0 Å². The van der Waals surface area contributed by atoms with E-state index in [1.807, 2.05) is 0 Å². The van der Waals surface area contributed by atoms with Crippen LogP contribution in [0.4, 0.5) is 0 Å². The highest BCUT2D eigenvalue weighted by Gasteiger charge is 2.47. The molecule has 1 aliphatic rings. The minimum atomic E-state index is -1.73. The standard InChI is InChI=1S/C17H28INOSi/c1-11(2)21(12(3)4,13(5)6)19-10-14(18)17-15(19)8-7-9-16(17)20/h10-13H,7-9H2,1-6H3. The van der Waals surface area contributed by atoms with E-state index in [-0.39, 0.29) is 0 Å². The van der Waals surface area contributed by atoms with Gasteiger partial charge in [0.25, 0.3) is 0 Å². The highest BCUT2D eigenvalue weighted by atomic mass is 127. The average molecular weight is 417 g/mol. The van der Waals surface area contributed by atoms with Crippen LogP contribution in [0, 0.1) is 3.57 Å². The Morgan fingerprint density at radius 2 is 1.57 bits per heavy atom. The van der Waals surface area contributed by atoms with E-state index in [1.165, 1.54) is 9.26 Å². The molecule has 0 N–H and O–H groups in total. The minimum absolute atomic E-state index is 0.360. The summed E-state index contributed by atoms with van der Waals surface area (Å²) in [6.45, 7) is 14.3. The molecule has 0 saturated carbocycles. The van der Waals surface area contributed by atoms with Gasteiger partial charge in [0, 0.05) is 21.9 Å². The molecule has 1 aromatic rings. The first kappa shape index (κ1) is 17.3. The van der Waals surface area contributed by atoms with Gasteiger partial charge in [-0.25, -0.2) is 0 Å². The van der Waals surface area contributed by atoms with Crippen molar-refractivity contribution in [1.82, 2.24) is 4.23 Å². The monoisotopic (exact) mass is 417 g/mol. The zero-order chi connectivity index (χ0) is 15.9. The summed E-state index contributed by atoms with van der Waals surface area (Å²) in [5.74, 6) is 0.360. The van der Waals surface area contributed by atoms with Gasteiger partial charge in [0.15, 0.2) is 14.0 Å². The molecule has 2 nitrogen and oxygen atoms in total. The van der Waals surface area contributed by atoms with E-state index in [4.69, 9.17) is 0 Å². The van der Waals surface area contributed by atoms with Gasteiger partial charge in [-0.1, -0.05) is 41.5 Å². The summed E-state index contributed by atoms with van der Waals surface area (Å²) in [6.07, 6.45) is 5.13. The molecule has 21 heavy (non-hydrogen) atoms. The minimum Gasteiger partial charge on any atom is -0.375 e. The molecule has 0 spiro atoms. The molecular formula is C17H28INOSi. The summed E-state index contributed by atoms with van der Waals surface area (Å²) < 4.78 is 3.80. The lowest BCUT2D eigenvalue weighted by Crippen LogP contribution is -2.52. The maximum absolute atomic E-state index is 12.4. The number of carbonyl (C=O) groups is 1. The number of halogens is 1. The summed E-state index contributed by atoms with van der Waals surface area (Å²) in [6, 6.07) is 0. The van der Waals surface area contributed by atoms with Crippen molar-refractivity contribution in [2.45, 2.75) is 77.4 Å². The molecule has 0 atom stereocenters. The third-order valence-electron chi connectivity index (χ3n) is 5.35. The number of aromatic nitrogens is 1. The van der Waals surface area contributed by atoms with Crippen LogP contribution >= 0.6 is 22.6 Å². The normalized spacial score (nSPS) is 16.2. The summed E-state index contributed by atoms with van der Waals surface area (Å²) in [5.41, 5.74) is 4.39. The molecule has 0 aliphatic heterocycles. The number of ketones is 1. The fraction of sp³-hybridized carbons (Fsp3) is 0.706. The van der Waals surface area contributed by atoms with Gasteiger partial charge >= 0.3 is 0 Å². The van der Waals surface area contributed by atoms with Crippen molar-refractivity contribution < 1.29 is 4.79 Å². The number of nitrogens with zero attached hydrogens (tertiary/aromatic N) is 1. The SMILES string of the molecule is CC(C)[Si](C(C)C)(C(C)C)n1cc(I)c2c1CCCC2=O. The lowest BCUT2D eigenvalue weighted by Gasteiger charge is -2.45. The molecule has 118 valence electrons. The van der Waals surface area contributed by atoms with Crippen molar-refractivity contribution in [3.05, 3.63) is 21.0 Å². The zero-order valence-electron chi connectivity index (χ0n) is 14.2. The predicted octanol–water partition coefficient (Wildman–Crippen LogP) is 5.64. The van der Waals surface area contributed by atoms with Gasteiger partial charge in [-0.15, -0.1) is 0 Å². The van der Waals surface area contributed by atoms with Gasteiger partial charge in [-0.05, 0) is 52.1 Å². The van der Waals surface area contributed by atoms with E-state index in [0.29, 0.717) is 22.4 Å². The number of hydrogen-bond acceptors (Lipinski definition) is 1. The first-order valence-corrected chi connectivity index (χ1v) is 11.4. The van der Waals surface area contributed by atoms with E-state index < -0.39 is 8.24 Å². The molecule has 0 bridgehead atoms. The number of fused-ring (bicyclic) bond motifs is 1. The molecule has 0 unspecified atom stereocenters. The molecule has 0 saturated heterocycles. The Hall–Kier alpha value is -0.103. The second-order valence-electron chi connectivity index (χ2n) is 7.30. The van der Waals surface area contributed by atoms with Crippen LogP contribution in [0.5, 0.6) is 0 Å². The summed E-state index contributed by atoms with van der Waals surface area (Å²) in [7, 11) is -1.73. The van der Waals surface area contributed by atoms with Crippen LogP contribution in [-0.4, -0.2) is 18.3 Å². The highest BCUT2D eigenvalue weighted by Crippen LogP contribution is 2.45. The molecule has 1 aromatic heterocycles. The number of carbonyl (C=O) groups excluding carboxylic acids is 1. The molecule has 2 rings (SSSR count). The Morgan fingerprint density at radius 1 is 1.05 bits per heavy atom. The molecular weight excluding hydrogens is 389 g/mol. The molecule has 0 aromatic carbocycles. The van der Waals surface area contributed by atoms with Gasteiger partial charge < -0.3 is 4.23 Å². The zero-order valence-corrected chi connectivity index (χ0v) is 17.3. The third-order valence-corrected chi connectivity index (χ3v) is 12.9. The Kier molecular flexibility index (Phi) is 5.08. The number of Topliss-reactive ketones (excluding diaryl/α,β-unsaturated/α-hetero) is 1. The first-order valence-electron chi connectivity index (χ1n) is 8.17. The fourth-order valence-corrected chi connectivity index (χ4v) is 12.6. The Bertz CT molecular complexity index is 523. The van der Waals surface area contributed by atoms with Crippen LogP contribution in [0.2, 0.25) is 16.6 Å².